The summed E-state index contributed by atoms with van der Waals surface area (Å²) in [6.45, 7) is 1.70. The lowest BCUT2D eigenvalue weighted by Gasteiger charge is -2.07. The van der Waals surface area contributed by atoms with Gasteiger partial charge in [0.1, 0.15) is 5.75 Å². The molecule has 22 heavy (non-hydrogen) atoms. The van der Waals surface area contributed by atoms with Crippen LogP contribution < -0.4 is 10.1 Å². The molecule has 5 heteroatoms. The second-order valence-corrected chi connectivity index (χ2v) is 4.95. The number of rotatable bonds is 3. The number of fused-ring (bicyclic) bond motifs is 1. The van der Waals surface area contributed by atoms with Gasteiger partial charge in [-0.2, -0.15) is 0 Å². The van der Waals surface area contributed by atoms with Crippen molar-refractivity contribution in [2.75, 3.05) is 12.4 Å². The number of benzene rings is 2. The Hall–Kier alpha value is -2.95. The highest BCUT2D eigenvalue weighted by Gasteiger charge is 2.05. The Bertz CT molecular complexity index is 845. The molecule has 1 heterocycles. The first-order valence-corrected chi connectivity index (χ1v) is 6.89. The maximum absolute atomic E-state index is 7.47. The van der Waals surface area contributed by atoms with E-state index in [2.05, 4.69) is 15.3 Å². The highest BCUT2D eigenvalue weighted by Crippen LogP contribution is 2.23. The Morgan fingerprint density at radius 1 is 1.18 bits per heavy atom. The summed E-state index contributed by atoms with van der Waals surface area (Å²) in [5.74, 6) is 1.84. The number of hydrogen-bond donors (Lipinski definition) is 2. The van der Waals surface area contributed by atoms with Crippen LogP contribution in [0.15, 0.2) is 48.7 Å². The van der Waals surface area contributed by atoms with Gasteiger partial charge in [-0.25, -0.2) is 9.97 Å². The Labute approximate surface area is 128 Å². The molecule has 1 aromatic heterocycles. The number of nitrogens with one attached hydrogen (secondary N) is 2. The molecule has 0 bridgehead atoms. The number of hydrogen-bond acceptors (Lipinski definition) is 4. The van der Waals surface area contributed by atoms with Gasteiger partial charge in [-0.05, 0) is 37.3 Å². The zero-order chi connectivity index (χ0) is 15.5. The van der Waals surface area contributed by atoms with Crippen LogP contribution in [-0.2, 0) is 0 Å². The van der Waals surface area contributed by atoms with Gasteiger partial charge in [0.05, 0.1) is 18.5 Å². The van der Waals surface area contributed by atoms with E-state index in [1.165, 1.54) is 0 Å². The summed E-state index contributed by atoms with van der Waals surface area (Å²) in [5, 5.41) is 11.4. The van der Waals surface area contributed by atoms with Gasteiger partial charge in [0.15, 0.2) is 5.82 Å². The molecule has 0 radical (unpaired) electrons. The number of ether oxygens (including phenoxy) is 1. The summed E-state index contributed by atoms with van der Waals surface area (Å²) < 4.78 is 5.23. The minimum absolute atomic E-state index is 0.397. The largest absolute Gasteiger partial charge is 0.497 e. The fraction of sp³-hybridized carbons (Fsp3) is 0.118. The SMILES string of the molecule is COc1cccc(-c2ncc3cc(NC(C)=N)ccc3n2)c1. The summed E-state index contributed by atoms with van der Waals surface area (Å²) in [6.07, 6.45) is 1.79. The van der Waals surface area contributed by atoms with Crippen LogP contribution in [0, 0.1) is 5.41 Å². The summed E-state index contributed by atoms with van der Waals surface area (Å²) >= 11 is 0. The standard InChI is InChI=1S/C17H16N4O/c1-11(18)20-14-6-7-16-13(8-14)10-19-17(21-16)12-4-3-5-15(9-12)22-2/h3-10H,1-2H3,(H2,18,20). The third kappa shape index (κ3) is 2.88. The van der Waals surface area contributed by atoms with Crippen molar-refractivity contribution in [1.82, 2.24) is 9.97 Å². The molecule has 0 saturated carbocycles. The van der Waals surface area contributed by atoms with Crippen molar-refractivity contribution in [3.8, 4) is 17.1 Å². The van der Waals surface area contributed by atoms with Crippen molar-refractivity contribution in [2.24, 2.45) is 0 Å². The van der Waals surface area contributed by atoms with Crippen molar-refractivity contribution in [2.45, 2.75) is 6.92 Å². The van der Waals surface area contributed by atoms with E-state index in [4.69, 9.17) is 10.1 Å². The highest BCUT2D eigenvalue weighted by atomic mass is 16.5. The lowest BCUT2D eigenvalue weighted by molar-refractivity contribution is 0.415. The van der Waals surface area contributed by atoms with Gasteiger partial charge < -0.3 is 10.1 Å². The van der Waals surface area contributed by atoms with E-state index < -0.39 is 0 Å². The molecule has 3 rings (SSSR count). The van der Waals surface area contributed by atoms with Gasteiger partial charge in [-0.3, -0.25) is 5.41 Å². The van der Waals surface area contributed by atoms with Gasteiger partial charge in [0.2, 0.25) is 0 Å². The van der Waals surface area contributed by atoms with E-state index in [-0.39, 0.29) is 0 Å². The van der Waals surface area contributed by atoms with Crippen LogP contribution in [0.25, 0.3) is 22.3 Å². The van der Waals surface area contributed by atoms with E-state index in [1.807, 2.05) is 42.5 Å². The molecule has 0 aliphatic rings. The molecule has 5 nitrogen and oxygen atoms in total. The molecule has 0 aliphatic heterocycles. The molecule has 2 N–H and O–H groups in total. The van der Waals surface area contributed by atoms with Crippen LogP contribution in [0.2, 0.25) is 0 Å². The molecule has 0 aliphatic carbocycles. The van der Waals surface area contributed by atoms with E-state index in [9.17, 15) is 0 Å². The lowest BCUT2D eigenvalue weighted by Crippen LogP contribution is -2.04. The molecule has 0 unspecified atom stereocenters. The van der Waals surface area contributed by atoms with Crippen LogP contribution >= 0.6 is 0 Å². The van der Waals surface area contributed by atoms with Crippen molar-refractivity contribution >= 4 is 22.4 Å². The number of nitrogens with zero attached hydrogens (tertiary/aromatic N) is 2. The topological polar surface area (TPSA) is 70.9 Å². The fourth-order valence-corrected chi connectivity index (χ4v) is 2.23. The Morgan fingerprint density at radius 2 is 2.05 bits per heavy atom. The van der Waals surface area contributed by atoms with Crippen LogP contribution in [0.1, 0.15) is 6.92 Å². The predicted octanol–water partition coefficient (Wildman–Crippen LogP) is 3.71. The molecule has 0 spiro atoms. The van der Waals surface area contributed by atoms with E-state index in [0.29, 0.717) is 11.7 Å². The number of aromatic nitrogens is 2. The summed E-state index contributed by atoms with van der Waals surface area (Å²) in [6, 6.07) is 13.4. The molecule has 3 aromatic rings. The van der Waals surface area contributed by atoms with Crippen molar-refractivity contribution in [3.05, 3.63) is 48.7 Å². The zero-order valence-electron chi connectivity index (χ0n) is 12.4. The summed E-state index contributed by atoms with van der Waals surface area (Å²) in [4.78, 5) is 9.02. The Balaban J connectivity index is 2.00. The predicted molar refractivity (Wildman–Crippen MR) is 88.5 cm³/mol. The monoisotopic (exact) mass is 292 g/mol. The van der Waals surface area contributed by atoms with Crippen LogP contribution in [-0.4, -0.2) is 22.9 Å². The normalized spacial score (nSPS) is 10.5. The molecular weight excluding hydrogens is 276 g/mol. The number of amidine groups is 1. The maximum atomic E-state index is 7.47. The third-order valence-electron chi connectivity index (χ3n) is 3.24. The van der Waals surface area contributed by atoms with E-state index in [1.54, 1.807) is 20.2 Å². The first kappa shape index (κ1) is 14.0. The molecular formula is C17H16N4O. The van der Waals surface area contributed by atoms with E-state index >= 15 is 0 Å². The summed E-state index contributed by atoms with van der Waals surface area (Å²) in [7, 11) is 1.64. The van der Waals surface area contributed by atoms with Crippen LogP contribution in [0.5, 0.6) is 5.75 Å². The van der Waals surface area contributed by atoms with Gasteiger partial charge in [0, 0.05) is 22.8 Å². The van der Waals surface area contributed by atoms with Gasteiger partial charge in [-0.15, -0.1) is 0 Å². The van der Waals surface area contributed by atoms with Crippen molar-refractivity contribution < 1.29 is 4.74 Å². The zero-order valence-corrected chi connectivity index (χ0v) is 12.4. The third-order valence-corrected chi connectivity index (χ3v) is 3.24. The van der Waals surface area contributed by atoms with Gasteiger partial charge >= 0.3 is 0 Å². The average Bonchev–Trinajstić information content (AvgIpc) is 2.54. The minimum atomic E-state index is 0.397. The fourth-order valence-electron chi connectivity index (χ4n) is 2.23. The second kappa shape index (κ2) is 5.81. The number of anilines is 1. The van der Waals surface area contributed by atoms with Crippen molar-refractivity contribution in [3.63, 3.8) is 0 Å². The highest BCUT2D eigenvalue weighted by molar-refractivity contribution is 5.93. The first-order valence-electron chi connectivity index (χ1n) is 6.89. The molecule has 0 amide bonds. The molecule has 110 valence electrons. The second-order valence-electron chi connectivity index (χ2n) is 4.95. The first-order chi connectivity index (χ1) is 10.7. The quantitative estimate of drug-likeness (QED) is 0.570. The molecule has 0 fully saturated rings. The van der Waals surface area contributed by atoms with Crippen LogP contribution in [0.3, 0.4) is 0 Å². The van der Waals surface area contributed by atoms with Gasteiger partial charge in [-0.1, -0.05) is 12.1 Å². The number of methoxy groups -OCH3 is 1. The van der Waals surface area contributed by atoms with Gasteiger partial charge in [0.25, 0.3) is 0 Å². The van der Waals surface area contributed by atoms with Crippen LogP contribution in [0.4, 0.5) is 5.69 Å². The molecule has 0 saturated heterocycles. The Kier molecular flexibility index (Phi) is 3.70. The molecule has 0 atom stereocenters. The Morgan fingerprint density at radius 3 is 2.82 bits per heavy atom. The smallest absolute Gasteiger partial charge is 0.159 e. The van der Waals surface area contributed by atoms with E-state index in [0.717, 1.165) is 27.9 Å². The maximum Gasteiger partial charge on any atom is 0.159 e. The minimum Gasteiger partial charge on any atom is -0.497 e. The van der Waals surface area contributed by atoms with Crippen molar-refractivity contribution in [1.29, 1.82) is 5.41 Å². The lowest BCUT2D eigenvalue weighted by atomic mass is 10.1. The summed E-state index contributed by atoms with van der Waals surface area (Å²) in [5.41, 5.74) is 2.64. The molecule has 2 aromatic carbocycles. The average molecular weight is 292 g/mol.